The van der Waals surface area contributed by atoms with Crippen molar-refractivity contribution in [3.8, 4) is 0 Å². The molecular weight excluding hydrogens is 234 g/mol. The van der Waals surface area contributed by atoms with E-state index in [2.05, 4.69) is 33.9 Å². The molecule has 1 aliphatic carbocycles. The first kappa shape index (κ1) is 12.5. The van der Waals surface area contributed by atoms with Gasteiger partial charge in [-0.2, -0.15) is 23.1 Å². The van der Waals surface area contributed by atoms with Crippen LogP contribution in [-0.4, -0.2) is 24.1 Å². The molecule has 1 heterocycles. The van der Waals surface area contributed by atoms with E-state index < -0.39 is 0 Å². The van der Waals surface area contributed by atoms with E-state index in [1.165, 1.54) is 50.0 Å². The molecule has 2 rings (SSSR count). The molecule has 1 nitrogen and oxygen atoms in total. The van der Waals surface area contributed by atoms with Gasteiger partial charge in [0.2, 0.25) is 0 Å². The summed E-state index contributed by atoms with van der Waals surface area (Å²) in [5.74, 6) is 1.29. The van der Waals surface area contributed by atoms with Crippen LogP contribution in [-0.2, 0) is 6.42 Å². The Kier molecular flexibility index (Phi) is 5.73. The lowest BCUT2D eigenvalue weighted by atomic mass is 10.2. The number of hydrogen-bond acceptors (Lipinski definition) is 3. The fourth-order valence-corrected chi connectivity index (χ4v) is 4.11. The molecule has 0 bridgehead atoms. The van der Waals surface area contributed by atoms with Crippen molar-refractivity contribution in [2.75, 3.05) is 18.8 Å². The lowest BCUT2D eigenvalue weighted by Gasteiger charge is -2.08. The van der Waals surface area contributed by atoms with Gasteiger partial charge in [0.25, 0.3) is 0 Å². The largest absolute Gasteiger partial charge is 0.316 e. The topological polar surface area (TPSA) is 12.0 Å². The van der Waals surface area contributed by atoms with Crippen LogP contribution in [0.15, 0.2) is 16.8 Å². The van der Waals surface area contributed by atoms with Crippen molar-refractivity contribution >= 4 is 23.1 Å². The summed E-state index contributed by atoms with van der Waals surface area (Å²) in [6.45, 7) is 2.30. The first-order valence-electron chi connectivity index (χ1n) is 6.28. The fraction of sp³-hybridized carbons (Fsp3) is 0.692. The summed E-state index contributed by atoms with van der Waals surface area (Å²) >= 11 is 3.96. The SMILES string of the molecule is c1cc(CCNCCSC2CCCC2)cs1. The van der Waals surface area contributed by atoms with Gasteiger partial charge >= 0.3 is 0 Å². The minimum absolute atomic E-state index is 0.971. The Morgan fingerprint density at radius 2 is 2.19 bits per heavy atom. The number of thiophene rings is 1. The van der Waals surface area contributed by atoms with E-state index in [1.54, 1.807) is 11.3 Å². The van der Waals surface area contributed by atoms with Crippen molar-refractivity contribution in [3.63, 3.8) is 0 Å². The number of thioether (sulfide) groups is 1. The minimum Gasteiger partial charge on any atom is -0.316 e. The van der Waals surface area contributed by atoms with E-state index >= 15 is 0 Å². The summed E-state index contributed by atoms with van der Waals surface area (Å²) in [7, 11) is 0. The van der Waals surface area contributed by atoms with Crippen molar-refractivity contribution in [2.45, 2.75) is 37.4 Å². The minimum atomic E-state index is 0.971. The van der Waals surface area contributed by atoms with E-state index in [0.29, 0.717) is 0 Å². The zero-order valence-electron chi connectivity index (χ0n) is 9.78. The zero-order chi connectivity index (χ0) is 11.1. The second-order valence-corrected chi connectivity index (χ2v) is 6.60. The summed E-state index contributed by atoms with van der Waals surface area (Å²) in [6, 6.07) is 2.22. The molecule has 0 aliphatic heterocycles. The van der Waals surface area contributed by atoms with Crippen molar-refractivity contribution in [1.29, 1.82) is 0 Å². The molecule has 0 saturated heterocycles. The molecule has 0 unspecified atom stereocenters. The summed E-state index contributed by atoms with van der Waals surface area (Å²) in [5.41, 5.74) is 1.47. The highest BCUT2D eigenvalue weighted by atomic mass is 32.2. The third-order valence-electron chi connectivity index (χ3n) is 3.11. The second-order valence-electron chi connectivity index (χ2n) is 4.41. The number of nitrogens with one attached hydrogen (secondary N) is 1. The van der Waals surface area contributed by atoms with Crippen molar-refractivity contribution < 1.29 is 0 Å². The predicted octanol–water partition coefficient (Wildman–Crippen LogP) is 3.56. The predicted molar refractivity (Wildman–Crippen MR) is 75.6 cm³/mol. The van der Waals surface area contributed by atoms with E-state index in [9.17, 15) is 0 Å². The smallest absolute Gasteiger partial charge is 0.00608 e. The summed E-state index contributed by atoms with van der Waals surface area (Å²) in [6.07, 6.45) is 7.02. The number of hydrogen-bond donors (Lipinski definition) is 1. The van der Waals surface area contributed by atoms with Crippen LogP contribution in [0.3, 0.4) is 0 Å². The Balaban J connectivity index is 1.43. The van der Waals surface area contributed by atoms with Crippen LogP contribution in [0.2, 0.25) is 0 Å². The maximum atomic E-state index is 3.53. The average molecular weight is 255 g/mol. The van der Waals surface area contributed by atoms with Gasteiger partial charge in [-0.25, -0.2) is 0 Å². The van der Waals surface area contributed by atoms with Gasteiger partial charge in [-0.15, -0.1) is 0 Å². The Labute approximate surface area is 107 Å². The van der Waals surface area contributed by atoms with Gasteiger partial charge in [-0.1, -0.05) is 12.8 Å². The van der Waals surface area contributed by atoms with E-state index in [0.717, 1.165) is 11.8 Å². The second kappa shape index (κ2) is 7.36. The molecule has 0 atom stereocenters. The van der Waals surface area contributed by atoms with Crippen molar-refractivity contribution in [3.05, 3.63) is 22.4 Å². The highest BCUT2D eigenvalue weighted by Gasteiger charge is 2.14. The molecule has 90 valence electrons. The van der Waals surface area contributed by atoms with Gasteiger partial charge in [0.15, 0.2) is 0 Å². The molecule has 1 fully saturated rings. The van der Waals surface area contributed by atoms with Crippen LogP contribution in [0.4, 0.5) is 0 Å². The molecule has 0 spiro atoms. The first-order chi connectivity index (χ1) is 7.95. The fourth-order valence-electron chi connectivity index (χ4n) is 2.15. The lowest BCUT2D eigenvalue weighted by molar-refractivity contribution is 0.720. The van der Waals surface area contributed by atoms with Crippen LogP contribution >= 0.6 is 23.1 Å². The normalized spacial score (nSPS) is 17.0. The quantitative estimate of drug-likeness (QED) is 0.748. The molecule has 1 aliphatic rings. The van der Waals surface area contributed by atoms with Crippen molar-refractivity contribution in [1.82, 2.24) is 5.32 Å². The molecule has 1 aromatic rings. The summed E-state index contributed by atoms with van der Waals surface area (Å²) < 4.78 is 0. The molecule has 16 heavy (non-hydrogen) atoms. The van der Waals surface area contributed by atoms with Crippen LogP contribution in [0.25, 0.3) is 0 Å². The van der Waals surface area contributed by atoms with Crippen LogP contribution in [0.1, 0.15) is 31.2 Å². The monoisotopic (exact) mass is 255 g/mol. The van der Waals surface area contributed by atoms with Crippen LogP contribution in [0.5, 0.6) is 0 Å². The van der Waals surface area contributed by atoms with E-state index in [1.807, 2.05) is 0 Å². The summed E-state index contributed by atoms with van der Waals surface area (Å²) in [5, 5.41) is 8.91. The van der Waals surface area contributed by atoms with Gasteiger partial charge in [-0.3, -0.25) is 0 Å². The molecule has 0 aromatic carbocycles. The molecule has 3 heteroatoms. The molecule has 0 amide bonds. The van der Waals surface area contributed by atoms with E-state index in [4.69, 9.17) is 0 Å². The van der Waals surface area contributed by atoms with Gasteiger partial charge in [0.1, 0.15) is 0 Å². The molecule has 1 saturated carbocycles. The van der Waals surface area contributed by atoms with E-state index in [-0.39, 0.29) is 0 Å². The van der Waals surface area contributed by atoms with Gasteiger partial charge in [0.05, 0.1) is 0 Å². The summed E-state index contributed by atoms with van der Waals surface area (Å²) in [4.78, 5) is 0. The van der Waals surface area contributed by atoms with Crippen LogP contribution in [0, 0.1) is 0 Å². The standard InChI is InChI=1S/C13H21NS2/c1-2-4-13(3-1)16-10-8-14-7-5-12-6-9-15-11-12/h6,9,11,13-14H,1-5,7-8,10H2. The Morgan fingerprint density at radius 1 is 1.31 bits per heavy atom. The van der Waals surface area contributed by atoms with Crippen molar-refractivity contribution in [2.24, 2.45) is 0 Å². The first-order valence-corrected chi connectivity index (χ1v) is 8.28. The zero-order valence-corrected chi connectivity index (χ0v) is 11.4. The molecular formula is C13H21NS2. The number of rotatable bonds is 7. The lowest BCUT2D eigenvalue weighted by Crippen LogP contribution is -2.20. The molecule has 0 radical (unpaired) electrons. The average Bonchev–Trinajstić information content (AvgIpc) is 2.96. The highest BCUT2D eigenvalue weighted by molar-refractivity contribution is 7.99. The van der Waals surface area contributed by atoms with Gasteiger partial charge in [-0.05, 0) is 48.2 Å². The maximum Gasteiger partial charge on any atom is 0.00608 e. The Bertz CT molecular complexity index is 265. The van der Waals surface area contributed by atoms with Crippen LogP contribution < -0.4 is 5.32 Å². The third kappa shape index (κ3) is 4.48. The third-order valence-corrected chi connectivity index (χ3v) is 5.22. The van der Waals surface area contributed by atoms with Gasteiger partial charge in [0, 0.05) is 17.5 Å². The molecule has 1 aromatic heterocycles. The Hall–Kier alpha value is 0.01000. The Morgan fingerprint density at radius 3 is 2.94 bits per heavy atom. The molecule has 1 N–H and O–H groups in total. The van der Waals surface area contributed by atoms with Gasteiger partial charge < -0.3 is 5.32 Å². The maximum absolute atomic E-state index is 3.53. The highest BCUT2D eigenvalue weighted by Crippen LogP contribution is 2.28.